The van der Waals surface area contributed by atoms with E-state index < -0.39 is 0 Å². The normalized spacial score (nSPS) is 16.5. The molecular formula is C15H18N2O. The molecule has 2 aromatic rings. The third-order valence-corrected chi connectivity index (χ3v) is 3.77. The van der Waals surface area contributed by atoms with Crippen molar-refractivity contribution in [1.29, 1.82) is 0 Å². The zero-order valence-corrected chi connectivity index (χ0v) is 10.7. The Morgan fingerprint density at radius 1 is 1.33 bits per heavy atom. The molecule has 94 valence electrons. The predicted octanol–water partition coefficient (Wildman–Crippen LogP) is 3.28. The molecule has 0 spiro atoms. The van der Waals surface area contributed by atoms with Crippen molar-refractivity contribution in [2.24, 2.45) is 0 Å². The van der Waals surface area contributed by atoms with Gasteiger partial charge in [-0.05, 0) is 31.9 Å². The van der Waals surface area contributed by atoms with Gasteiger partial charge >= 0.3 is 0 Å². The van der Waals surface area contributed by atoms with Crippen molar-refractivity contribution in [3.63, 3.8) is 0 Å². The quantitative estimate of drug-likeness (QED) is 0.827. The summed E-state index contributed by atoms with van der Waals surface area (Å²) in [7, 11) is 0. The second-order valence-corrected chi connectivity index (χ2v) is 5.20. The van der Waals surface area contributed by atoms with Crippen LogP contribution in [-0.4, -0.2) is 15.3 Å². The largest absolute Gasteiger partial charge is 0.324 e. The first-order valence-electron chi connectivity index (χ1n) is 6.71. The maximum atomic E-state index is 11.4. The third kappa shape index (κ3) is 1.94. The van der Waals surface area contributed by atoms with Crippen molar-refractivity contribution in [2.75, 3.05) is 0 Å². The van der Waals surface area contributed by atoms with Crippen molar-refractivity contribution in [2.45, 2.75) is 45.1 Å². The molecule has 0 aliphatic heterocycles. The van der Waals surface area contributed by atoms with Crippen LogP contribution in [0.25, 0.3) is 11.0 Å². The van der Waals surface area contributed by atoms with Gasteiger partial charge in [0.1, 0.15) is 11.6 Å². The van der Waals surface area contributed by atoms with E-state index in [-0.39, 0.29) is 5.78 Å². The molecule has 0 amide bonds. The number of fused-ring (bicyclic) bond motifs is 1. The zero-order valence-electron chi connectivity index (χ0n) is 10.7. The number of Topliss-reactive ketones (excluding diaryl/α,β-unsaturated/α-hetero) is 1. The number of nitrogens with zero attached hydrogens (tertiary/aromatic N) is 2. The molecule has 1 heterocycles. The summed E-state index contributed by atoms with van der Waals surface area (Å²) >= 11 is 0. The van der Waals surface area contributed by atoms with Crippen molar-refractivity contribution in [1.82, 2.24) is 9.55 Å². The molecule has 1 aromatic carbocycles. The van der Waals surface area contributed by atoms with Gasteiger partial charge in [-0.15, -0.1) is 0 Å². The molecule has 18 heavy (non-hydrogen) atoms. The number of rotatable bonds is 3. The third-order valence-electron chi connectivity index (χ3n) is 3.77. The van der Waals surface area contributed by atoms with Gasteiger partial charge in [0.15, 0.2) is 0 Å². The zero-order chi connectivity index (χ0) is 12.5. The number of ketones is 1. The maximum absolute atomic E-state index is 11.4. The number of hydrogen-bond donors (Lipinski definition) is 0. The molecule has 0 saturated heterocycles. The van der Waals surface area contributed by atoms with E-state index >= 15 is 0 Å². The lowest BCUT2D eigenvalue weighted by Gasteiger charge is -2.15. The van der Waals surface area contributed by atoms with E-state index in [1.165, 1.54) is 31.2 Å². The summed E-state index contributed by atoms with van der Waals surface area (Å²) in [4.78, 5) is 16.0. The van der Waals surface area contributed by atoms with Crippen LogP contribution in [0.3, 0.4) is 0 Å². The standard InChI is InChI=1S/C15H18N2O/c1-11(18)10-15-16-13-8-4-5-9-14(13)17(15)12-6-2-3-7-12/h4-5,8-9,12H,2-3,6-7,10H2,1H3. The van der Waals surface area contributed by atoms with Gasteiger partial charge in [0.2, 0.25) is 0 Å². The van der Waals surface area contributed by atoms with Gasteiger partial charge in [-0.3, -0.25) is 4.79 Å². The van der Waals surface area contributed by atoms with E-state index in [1.807, 2.05) is 18.2 Å². The Kier molecular flexibility index (Phi) is 2.90. The minimum Gasteiger partial charge on any atom is -0.324 e. The number of hydrogen-bond acceptors (Lipinski definition) is 2. The second kappa shape index (κ2) is 4.56. The van der Waals surface area contributed by atoms with Crippen LogP contribution in [0.15, 0.2) is 24.3 Å². The summed E-state index contributed by atoms with van der Waals surface area (Å²) in [5.41, 5.74) is 2.20. The van der Waals surface area contributed by atoms with E-state index in [4.69, 9.17) is 0 Å². The molecular weight excluding hydrogens is 224 g/mol. The molecule has 0 atom stereocenters. The van der Waals surface area contributed by atoms with Crippen LogP contribution >= 0.6 is 0 Å². The molecule has 1 aliphatic carbocycles. The van der Waals surface area contributed by atoms with Gasteiger partial charge in [-0.1, -0.05) is 25.0 Å². The van der Waals surface area contributed by atoms with Crippen LogP contribution in [0.4, 0.5) is 0 Å². The van der Waals surface area contributed by atoms with Crippen molar-refractivity contribution >= 4 is 16.8 Å². The van der Waals surface area contributed by atoms with E-state index in [0.29, 0.717) is 12.5 Å². The van der Waals surface area contributed by atoms with Crippen molar-refractivity contribution < 1.29 is 4.79 Å². The molecule has 0 bridgehead atoms. The highest BCUT2D eigenvalue weighted by atomic mass is 16.1. The summed E-state index contributed by atoms with van der Waals surface area (Å²) in [6.07, 6.45) is 5.45. The van der Waals surface area contributed by atoms with Crippen LogP contribution < -0.4 is 0 Å². The summed E-state index contributed by atoms with van der Waals surface area (Å²) in [5, 5.41) is 0. The van der Waals surface area contributed by atoms with E-state index in [1.54, 1.807) is 6.92 Å². The lowest BCUT2D eigenvalue weighted by molar-refractivity contribution is -0.116. The average Bonchev–Trinajstić information content (AvgIpc) is 2.93. The van der Waals surface area contributed by atoms with E-state index in [0.717, 1.165) is 11.3 Å². The van der Waals surface area contributed by atoms with E-state index in [2.05, 4.69) is 15.6 Å². The first-order chi connectivity index (χ1) is 8.75. The van der Waals surface area contributed by atoms with E-state index in [9.17, 15) is 4.79 Å². The summed E-state index contributed by atoms with van der Waals surface area (Å²) in [6, 6.07) is 8.74. The van der Waals surface area contributed by atoms with Gasteiger partial charge in [0, 0.05) is 6.04 Å². The fourth-order valence-corrected chi connectivity index (χ4v) is 3.01. The summed E-state index contributed by atoms with van der Waals surface area (Å²) in [6.45, 7) is 1.64. The maximum Gasteiger partial charge on any atom is 0.137 e. The fourth-order valence-electron chi connectivity index (χ4n) is 3.01. The van der Waals surface area contributed by atoms with Crippen molar-refractivity contribution in [3.8, 4) is 0 Å². The number of carbonyl (C=O) groups excluding carboxylic acids is 1. The van der Waals surface area contributed by atoms with Crippen LogP contribution in [0, 0.1) is 0 Å². The van der Waals surface area contributed by atoms with Gasteiger partial charge in [-0.2, -0.15) is 0 Å². The number of imidazole rings is 1. The molecule has 1 fully saturated rings. The monoisotopic (exact) mass is 242 g/mol. The number of carbonyl (C=O) groups is 1. The highest BCUT2D eigenvalue weighted by Gasteiger charge is 2.22. The lowest BCUT2D eigenvalue weighted by atomic mass is 10.2. The fraction of sp³-hybridized carbons (Fsp3) is 0.467. The Balaban J connectivity index is 2.13. The topological polar surface area (TPSA) is 34.9 Å². The van der Waals surface area contributed by atoms with Gasteiger partial charge in [0.05, 0.1) is 17.5 Å². The Morgan fingerprint density at radius 2 is 2.06 bits per heavy atom. The Labute approximate surface area is 107 Å². The van der Waals surface area contributed by atoms with Gasteiger partial charge in [-0.25, -0.2) is 4.98 Å². The summed E-state index contributed by atoms with van der Waals surface area (Å²) in [5.74, 6) is 1.13. The molecule has 0 radical (unpaired) electrons. The predicted molar refractivity (Wildman–Crippen MR) is 71.6 cm³/mol. The average molecular weight is 242 g/mol. The Bertz CT molecular complexity index is 579. The lowest BCUT2D eigenvalue weighted by Crippen LogP contribution is -2.11. The molecule has 1 aliphatic rings. The molecule has 1 aromatic heterocycles. The number of para-hydroxylation sites is 2. The van der Waals surface area contributed by atoms with Crippen LogP contribution in [0.5, 0.6) is 0 Å². The minimum atomic E-state index is 0.185. The SMILES string of the molecule is CC(=O)Cc1nc2ccccc2n1C1CCCC1. The highest BCUT2D eigenvalue weighted by Crippen LogP contribution is 2.33. The van der Waals surface area contributed by atoms with Crippen LogP contribution in [0.1, 0.15) is 44.5 Å². The molecule has 1 saturated carbocycles. The number of benzene rings is 1. The second-order valence-electron chi connectivity index (χ2n) is 5.20. The smallest absolute Gasteiger partial charge is 0.137 e. The first-order valence-corrected chi connectivity index (χ1v) is 6.71. The summed E-state index contributed by atoms with van der Waals surface area (Å²) < 4.78 is 2.31. The molecule has 3 nitrogen and oxygen atoms in total. The Hall–Kier alpha value is -1.64. The van der Waals surface area contributed by atoms with Gasteiger partial charge < -0.3 is 4.57 Å². The van der Waals surface area contributed by atoms with Gasteiger partial charge in [0.25, 0.3) is 0 Å². The van der Waals surface area contributed by atoms with Crippen LogP contribution in [-0.2, 0) is 11.2 Å². The van der Waals surface area contributed by atoms with Crippen LogP contribution in [0.2, 0.25) is 0 Å². The Morgan fingerprint density at radius 3 is 2.78 bits per heavy atom. The molecule has 0 unspecified atom stereocenters. The molecule has 0 N–H and O–H groups in total. The molecule has 3 rings (SSSR count). The minimum absolute atomic E-state index is 0.185. The van der Waals surface area contributed by atoms with Crippen molar-refractivity contribution in [3.05, 3.63) is 30.1 Å². The first kappa shape index (κ1) is 11.5. The molecule has 3 heteroatoms. The highest BCUT2D eigenvalue weighted by molar-refractivity contribution is 5.81. The number of aromatic nitrogens is 2.